The summed E-state index contributed by atoms with van der Waals surface area (Å²) in [6.07, 6.45) is -3.62. The summed E-state index contributed by atoms with van der Waals surface area (Å²) in [5, 5.41) is 18.4. The second-order valence-electron chi connectivity index (χ2n) is 4.85. The molecule has 0 aliphatic heterocycles. The van der Waals surface area contributed by atoms with E-state index in [0.717, 1.165) is 24.3 Å². The first-order valence-electron chi connectivity index (χ1n) is 6.58. The lowest BCUT2D eigenvalue weighted by Crippen LogP contribution is -2.07. The number of alkyl halides is 3. The van der Waals surface area contributed by atoms with Crippen LogP contribution in [0.4, 0.5) is 13.2 Å². The Morgan fingerprint density at radius 3 is 2.24 bits per heavy atom. The van der Waals surface area contributed by atoms with E-state index in [1.54, 1.807) is 0 Å². The molecule has 2 rings (SSSR count). The Kier molecular flexibility index (Phi) is 5.11. The second kappa shape index (κ2) is 6.78. The molecule has 0 saturated heterocycles. The van der Waals surface area contributed by atoms with Gasteiger partial charge < -0.3 is 5.11 Å². The molecule has 25 heavy (non-hydrogen) atoms. The van der Waals surface area contributed by atoms with E-state index in [4.69, 9.17) is 16.9 Å². The van der Waals surface area contributed by atoms with Crippen LogP contribution in [0.1, 0.15) is 11.1 Å². The number of halogens is 4. The minimum Gasteiger partial charge on any atom is -0.508 e. The first-order valence-corrected chi connectivity index (χ1v) is 8.44. The molecule has 0 aromatic heterocycles. The standard InChI is InChI=1S/C16H9ClF3NO3S/c17-15-8-12(22)4-1-10(15)7-14(9-21)25(23,24)13-5-2-11(3-6-13)16(18,19)20/h1-8,22H. The Morgan fingerprint density at radius 1 is 1.16 bits per heavy atom. The number of benzene rings is 2. The van der Waals surface area contributed by atoms with Crippen molar-refractivity contribution in [3.05, 3.63) is 63.5 Å². The highest BCUT2D eigenvalue weighted by Crippen LogP contribution is 2.31. The van der Waals surface area contributed by atoms with Gasteiger partial charge in [-0.25, -0.2) is 8.42 Å². The number of phenols is 1. The molecule has 0 aliphatic carbocycles. The summed E-state index contributed by atoms with van der Waals surface area (Å²) < 4.78 is 62.6. The largest absolute Gasteiger partial charge is 0.508 e. The molecule has 0 fully saturated rings. The molecule has 0 atom stereocenters. The maximum absolute atomic E-state index is 12.6. The van der Waals surface area contributed by atoms with Crippen molar-refractivity contribution in [2.45, 2.75) is 11.1 Å². The Balaban J connectivity index is 2.49. The zero-order valence-corrected chi connectivity index (χ0v) is 13.8. The molecule has 0 aliphatic rings. The molecule has 0 unspecified atom stereocenters. The van der Waals surface area contributed by atoms with Crippen molar-refractivity contribution < 1.29 is 26.7 Å². The number of nitrogens with zero attached hydrogens (tertiary/aromatic N) is 1. The van der Waals surface area contributed by atoms with Crippen molar-refractivity contribution in [1.82, 2.24) is 0 Å². The van der Waals surface area contributed by atoms with Crippen LogP contribution in [0.3, 0.4) is 0 Å². The molecule has 1 N–H and O–H groups in total. The Hall–Kier alpha value is -2.50. The third-order valence-corrected chi connectivity index (χ3v) is 5.17. The normalized spacial score (nSPS) is 12.7. The predicted molar refractivity (Wildman–Crippen MR) is 85.3 cm³/mol. The highest BCUT2D eigenvalue weighted by molar-refractivity contribution is 7.95. The van der Waals surface area contributed by atoms with Gasteiger partial charge in [0.05, 0.1) is 15.5 Å². The van der Waals surface area contributed by atoms with Crippen molar-refractivity contribution in [3.8, 4) is 11.8 Å². The lowest BCUT2D eigenvalue weighted by atomic mass is 10.2. The van der Waals surface area contributed by atoms with Gasteiger partial charge in [-0.1, -0.05) is 11.6 Å². The summed E-state index contributed by atoms with van der Waals surface area (Å²) in [6.45, 7) is 0. The smallest absolute Gasteiger partial charge is 0.416 e. The number of allylic oxidation sites excluding steroid dienone is 1. The molecule has 0 radical (unpaired) electrons. The van der Waals surface area contributed by atoms with Crippen LogP contribution < -0.4 is 0 Å². The highest BCUT2D eigenvalue weighted by atomic mass is 35.5. The van der Waals surface area contributed by atoms with E-state index in [9.17, 15) is 26.7 Å². The SMILES string of the molecule is N#CC(=Cc1ccc(O)cc1Cl)S(=O)(=O)c1ccc(C(F)(F)F)cc1. The van der Waals surface area contributed by atoms with Crippen LogP contribution in [0.15, 0.2) is 52.3 Å². The fourth-order valence-electron chi connectivity index (χ4n) is 1.89. The van der Waals surface area contributed by atoms with Gasteiger partial charge in [0.2, 0.25) is 9.84 Å². The number of hydrogen-bond donors (Lipinski definition) is 1. The van der Waals surface area contributed by atoms with Crippen LogP contribution >= 0.6 is 11.6 Å². The molecular weight excluding hydrogens is 379 g/mol. The molecule has 9 heteroatoms. The van der Waals surface area contributed by atoms with Gasteiger partial charge in [0, 0.05) is 0 Å². The lowest BCUT2D eigenvalue weighted by molar-refractivity contribution is -0.137. The Morgan fingerprint density at radius 2 is 1.76 bits per heavy atom. The molecule has 0 bridgehead atoms. The number of aromatic hydroxyl groups is 1. The third kappa shape index (κ3) is 4.13. The van der Waals surface area contributed by atoms with Crippen molar-refractivity contribution in [2.24, 2.45) is 0 Å². The maximum Gasteiger partial charge on any atom is 0.416 e. The van der Waals surface area contributed by atoms with Crippen LogP contribution in [0, 0.1) is 11.3 Å². The van der Waals surface area contributed by atoms with Gasteiger partial charge in [-0.3, -0.25) is 0 Å². The first kappa shape index (κ1) is 18.8. The van der Waals surface area contributed by atoms with Gasteiger partial charge in [-0.05, 0) is 54.1 Å². The molecule has 0 spiro atoms. The summed E-state index contributed by atoms with van der Waals surface area (Å²) in [7, 11) is -4.33. The zero-order valence-electron chi connectivity index (χ0n) is 12.2. The third-order valence-electron chi connectivity index (χ3n) is 3.16. The van der Waals surface area contributed by atoms with E-state index in [2.05, 4.69) is 0 Å². The minimum absolute atomic E-state index is 0.00960. The monoisotopic (exact) mass is 387 g/mol. The Labute approximate surface area is 146 Å². The van der Waals surface area contributed by atoms with Crippen molar-refractivity contribution in [2.75, 3.05) is 0 Å². The molecule has 0 heterocycles. The summed E-state index contributed by atoms with van der Waals surface area (Å²) in [4.78, 5) is -1.15. The first-order chi connectivity index (χ1) is 11.6. The van der Waals surface area contributed by atoms with E-state index >= 15 is 0 Å². The van der Waals surface area contributed by atoms with Gasteiger partial charge in [0.1, 0.15) is 16.7 Å². The van der Waals surface area contributed by atoms with Crippen molar-refractivity contribution >= 4 is 27.5 Å². The fourth-order valence-corrected chi connectivity index (χ4v) is 3.27. The average Bonchev–Trinajstić information content (AvgIpc) is 2.53. The second-order valence-corrected chi connectivity index (χ2v) is 7.18. The van der Waals surface area contributed by atoms with Gasteiger partial charge in [-0.15, -0.1) is 0 Å². The van der Waals surface area contributed by atoms with E-state index < -0.39 is 31.4 Å². The summed E-state index contributed by atoms with van der Waals surface area (Å²) in [5.41, 5.74) is -0.845. The summed E-state index contributed by atoms with van der Waals surface area (Å²) >= 11 is 5.86. The number of phenolic OH excluding ortho intramolecular Hbond substituents is 1. The lowest BCUT2D eigenvalue weighted by Gasteiger charge is -2.08. The molecular formula is C16H9ClF3NO3S. The predicted octanol–water partition coefficient (Wildman–Crippen LogP) is 4.40. The molecule has 2 aromatic carbocycles. The fraction of sp³-hybridized carbons (Fsp3) is 0.0625. The van der Waals surface area contributed by atoms with Crippen LogP contribution in [0.2, 0.25) is 5.02 Å². The molecule has 0 amide bonds. The van der Waals surface area contributed by atoms with E-state index in [1.807, 2.05) is 0 Å². The van der Waals surface area contributed by atoms with Crippen molar-refractivity contribution in [1.29, 1.82) is 5.26 Å². The van der Waals surface area contributed by atoms with Gasteiger partial charge >= 0.3 is 6.18 Å². The number of hydrogen-bond acceptors (Lipinski definition) is 4. The van der Waals surface area contributed by atoms with Crippen molar-refractivity contribution in [3.63, 3.8) is 0 Å². The van der Waals surface area contributed by atoms with Crippen LogP contribution in [0.5, 0.6) is 5.75 Å². The molecule has 2 aromatic rings. The molecule has 0 saturated carbocycles. The summed E-state index contributed by atoms with van der Waals surface area (Å²) in [6, 6.07) is 8.02. The topological polar surface area (TPSA) is 78.2 Å². The minimum atomic E-state index is -4.60. The Bertz CT molecular complexity index is 975. The van der Waals surface area contributed by atoms with E-state index in [0.29, 0.717) is 12.1 Å². The van der Waals surface area contributed by atoms with Crippen LogP contribution in [-0.2, 0) is 16.0 Å². The molecule has 130 valence electrons. The van der Waals surface area contributed by atoms with Gasteiger partial charge in [0.25, 0.3) is 0 Å². The average molecular weight is 388 g/mol. The van der Waals surface area contributed by atoms with Gasteiger partial charge in [-0.2, -0.15) is 18.4 Å². The quantitative estimate of drug-likeness (QED) is 0.791. The highest BCUT2D eigenvalue weighted by Gasteiger charge is 2.31. The maximum atomic E-state index is 12.6. The van der Waals surface area contributed by atoms with Crippen LogP contribution in [0.25, 0.3) is 6.08 Å². The van der Waals surface area contributed by atoms with Crippen LogP contribution in [-0.4, -0.2) is 13.5 Å². The van der Waals surface area contributed by atoms with E-state index in [1.165, 1.54) is 18.2 Å². The number of sulfone groups is 1. The summed E-state index contributed by atoms with van der Waals surface area (Å²) in [5.74, 6) is -0.147. The van der Waals surface area contributed by atoms with E-state index in [-0.39, 0.29) is 16.3 Å². The van der Waals surface area contributed by atoms with Gasteiger partial charge in [0.15, 0.2) is 0 Å². The molecule has 4 nitrogen and oxygen atoms in total. The number of rotatable bonds is 3. The number of nitriles is 1. The zero-order chi connectivity index (χ0) is 18.8.